The fourth-order valence-corrected chi connectivity index (χ4v) is 4.97. The zero-order chi connectivity index (χ0) is 32.0. The van der Waals surface area contributed by atoms with Gasteiger partial charge in [0.1, 0.15) is 17.3 Å². The van der Waals surface area contributed by atoms with Crippen LogP contribution < -0.4 is 5.32 Å². The third-order valence-electron chi connectivity index (χ3n) is 6.96. The predicted octanol–water partition coefficient (Wildman–Crippen LogP) is 4.51. The van der Waals surface area contributed by atoms with E-state index in [0.717, 1.165) is 39.6 Å². The van der Waals surface area contributed by atoms with Crippen LogP contribution in [0.2, 0.25) is 0 Å². The van der Waals surface area contributed by atoms with Crippen LogP contribution in [-0.2, 0) is 13.6 Å². The number of hydrogen-bond donors (Lipinski definition) is 1. The van der Waals surface area contributed by atoms with Crippen LogP contribution in [0.3, 0.4) is 0 Å². The van der Waals surface area contributed by atoms with E-state index < -0.39 is 25.7 Å². The molecule has 4 heterocycles. The number of carbonyl (C=O) groups is 1. The van der Waals surface area contributed by atoms with Crippen LogP contribution in [0.5, 0.6) is 0 Å². The molecule has 1 aromatic carbocycles. The molecule has 0 saturated heterocycles. The largest absolute Gasteiger partial charge is 0.372 e. The highest BCUT2D eigenvalue weighted by atomic mass is 19.1. The highest BCUT2D eigenvalue weighted by Gasteiger charge is 2.21. The first-order valence-corrected chi connectivity index (χ1v) is 12.2. The Hall–Kier alpha value is -4.11. The zero-order valence-corrected chi connectivity index (χ0v) is 21.4. The minimum atomic E-state index is -3.21. The van der Waals surface area contributed by atoms with E-state index in [1.165, 1.54) is 6.07 Å². The number of rotatable bonds is 6. The normalized spacial score (nSPS) is 17.0. The molecule has 3 aromatic heterocycles. The van der Waals surface area contributed by atoms with E-state index in [-0.39, 0.29) is 10.5 Å². The lowest BCUT2D eigenvalue weighted by atomic mass is 9.93. The van der Waals surface area contributed by atoms with Crippen LogP contribution in [-0.4, -0.2) is 69.5 Å². The molecule has 0 spiro atoms. The molecule has 1 N–H and O–H groups in total. The fourth-order valence-electron chi connectivity index (χ4n) is 4.97. The number of nitrogens with zero attached hydrogens (tertiary/aromatic N) is 6. The standard InChI is InChI=1S/C29H32FN7O/c1-18-14-20(29(38)35(3)4)15-24(30)27(18)19-9-12-37(13-10-19)17-21-16-23-22(8-11-32-28(23)36(21)5)25-6-7-26(31-2)34-33-25/h6-9,11,14-16H,10,12-13,17H2,1-5H3,(H,31,34)/i3D3,4D3. The summed E-state index contributed by atoms with van der Waals surface area (Å²) < 4.78 is 62.5. The van der Waals surface area contributed by atoms with Crippen molar-refractivity contribution in [1.29, 1.82) is 0 Å². The number of hydrogen-bond acceptors (Lipinski definition) is 6. The van der Waals surface area contributed by atoms with Crippen molar-refractivity contribution in [2.75, 3.05) is 39.4 Å². The van der Waals surface area contributed by atoms with E-state index in [9.17, 15) is 4.79 Å². The number of pyridine rings is 1. The Morgan fingerprint density at radius 2 is 2.05 bits per heavy atom. The molecular weight excluding hydrogens is 481 g/mol. The molecule has 1 aliphatic heterocycles. The number of nitrogens with one attached hydrogen (secondary N) is 1. The van der Waals surface area contributed by atoms with Crippen LogP contribution in [0, 0.1) is 12.7 Å². The molecule has 1 aliphatic rings. The van der Waals surface area contributed by atoms with Gasteiger partial charge in [-0.3, -0.25) is 9.69 Å². The van der Waals surface area contributed by atoms with E-state index in [0.29, 0.717) is 43.0 Å². The molecule has 0 aliphatic carbocycles. The smallest absolute Gasteiger partial charge is 0.253 e. The van der Waals surface area contributed by atoms with Gasteiger partial charge in [0.05, 0.1) is 5.69 Å². The molecule has 196 valence electrons. The lowest BCUT2D eigenvalue weighted by Crippen LogP contribution is -2.29. The molecule has 9 heteroatoms. The molecule has 5 rings (SSSR count). The third kappa shape index (κ3) is 4.77. The van der Waals surface area contributed by atoms with Gasteiger partial charge in [0.25, 0.3) is 5.91 Å². The summed E-state index contributed by atoms with van der Waals surface area (Å²) in [6.07, 6.45) is 4.24. The Balaban J connectivity index is 1.35. The molecule has 0 radical (unpaired) electrons. The van der Waals surface area contributed by atoms with E-state index in [2.05, 4.69) is 36.0 Å². The Labute approximate surface area is 230 Å². The highest BCUT2D eigenvalue weighted by Crippen LogP contribution is 2.31. The molecule has 38 heavy (non-hydrogen) atoms. The average Bonchev–Trinajstić information content (AvgIpc) is 3.27. The molecule has 4 aromatic rings. The quantitative estimate of drug-likeness (QED) is 0.404. The number of amides is 1. The van der Waals surface area contributed by atoms with Gasteiger partial charge in [0.15, 0.2) is 0 Å². The number of fused-ring (bicyclic) bond motifs is 1. The molecule has 1 amide bonds. The van der Waals surface area contributed by atoms with Crippen molar-refractivity contribution in [3.63, 3.8) is 0 Å². The highest BCUT2D eigenvalue weighted by molar-refractivity contribution is 5.95. The summed E-state index contributed by atoms with van der Waals surface area (Å²) >= 11 is 0. The monoisotopic (exact) mass is 519 g/mol. The lowest BCUT2D eigenvalue weighted by molar-refractivity contribution is 0.0827. The van der Waals surface area contributed by atoms with Crippen molar-refractivity contribution in [3.05, 3.63) is 76.9 Å². The van der Waals surface area contributed by atoms with Gasteiger partial charge in [-0.15, -0.1) is 10.2 Å². The van der Waals surface area contributed by atoms with Crippen molar-refractivity contribution in [3.8, 4) is 11.3 Å². The molecule has 0 bridgehead atoms. The van der Waals surface area contributed by atoms with E-state index in [1.54, 1.807) is 20.2 Å². The maximum absolute atomic E-state index is 15.4. The Kier molecular flexibility index (Phi) is 5.18. The first-order valence-electron chi connectivity index (χ1n) is 15.2. The molecular formula is C29H32FN7O. The van der Waals surface area contributed by atoms with Crippen LogP contribution in [0.1, 0.15) is 41.8 Å². The summed E-state index contributed by atoms with van der Waals surface area (Å²) in [5, 5.41) is 12.5. The first kappa shape index (κ1) is 19.0. The molecule has 0 saturated carbocycles. The second-order valence-corrected chi connectivity index (χ2v) is 9.35. The van der Waals surface area contributed by atoms with Gasteiger partial charge in [-0.1, -0.05) is 6.08 Å². The summed E-state index contributed by atoms with van der Waals surface area (Å²) in [6, 6.07) is 10.1. The molecule has 8 nitrogen and oxygen atoms in total. The maximum atomic E-state index is 15.4. The van der Waals surface area contributed by atoms with Crippen molar-refractivity contribution in [2.24, 2.45) is 7.05 Å². The summed E-state index contributed by atoms with van der Waals surface area (Å²) in [7, 11) is 3.76. The number of aryl methyl sites for hydroxylation is 2. The van der Waals surface area contributed by atoms with Gasteiger partial charge >= 0.3 is 0 Å². The summed E-state index contributed by atoms with van der Waals surface area (Å²) in [4.78, 5) is 19.5. The SMILES string of the molecule is [2H]C([2H])([2H])N(C(=O)c1cc(C)c(C2=CCN(Cc3cc4c(-c5ccc(NC)nn5)ccnc4n3C)CC2)c(F)c1)C([2H])([2H])[2H]. The zero-order valence-electron chi connectivity index (χ0n) is 27.4. The van der Waals surface area contributed by atoms with Crippen molar-refractivity contribution >= 4 is 28.3 Å². The molecule has 0 atom stereocenters. The lowest BCUT2D eigenvalue weighted by Gasteiger charge is -2.27. The van der Waals surface area contributed by atoms with Gasteiger partial charge in [-0.2, -0.15) is 0 Å². The minimum absolute atomic E-state index is 0.163. The van der Waals surface area contributed by atoms with Gasteiger partial charge in [-0.05, 0) is 60.9 Å². The van der Waals surface area contributed by atoms with Gasteiger partial charge in [0, 0.05) is 89.9 Å². The average molecular weight is 520 g/mol. The van der Waals surface area contributed by atoms with Crippen molar-refractivity contribution < 1.29 is 17.4 Å². The Bertz CT molecular complexity index is 1710. The van der Waals surface area contributed by atoms with E-state index in [1.807, 2.05) is 31.3 Å². The van der Waals surface area contributed by atoms with Crippen molar-refractivity contribution in [1.82, 2.24) is 29.5 Å². The molecule has 0 fully saturated rings. The minimum Gasteiger partial charge on any atom is -0.372 e. The number of anilines is 1. The van der Waals surface area contributed by atoms with Gasteiger partial charge < -0.3 is 14.8 Å². The van der Waals surface area contributed by atoms with Crippen LogP contribution in [0.15, 0.2) is 48.7 Å². The summed E-state index contributed by atoms with van der Waals surface area (Å²) in [5.74, 6) is -1.31. The molecule has 0 unspecified atom stereocenters. The van der Waals surface area contributed by atoms with Gasteiger partial charge in [0.2, 0.25) is 0 Å². The van der Waals surface area contributed by atoms with Crippen LogP contribution >= 0.6 is 0 Å². The summed E-state index contributed by atoms with van der Waals surface area (Å²) in [5.41, 5.74) is 4.74. The second-order valence-electron chi connectivity index (χ2n) is 9.35. The number of halogens is 1. The van der Waals surface area contributed by atoms with E-state index in [4.69, 9.17) is 8.22 Å². The predicted molar refractivity (Wildman–Crippen MR) is 148 cm³/mol. The third-order valence-corrected chi connectivity index (χ3v) is 6.96. The second kappa shape index (κ2) is 10.3. The van der Waals surface area contributed by atoms with Crippen molar-refractivity contribution in [2.45, 2.75) is 19.9 Å². The summed E-state index contributed by atoms with van der Waals surface area (Å²) in [6.45, 7) is -2.97. The van der Waals surface area contributed by atoms with Gasteiger partial charge in [-0.25, -0.2) is 9.37 Å². The maximum Gasteiger partial charge on any atom is 0.253 e. The Morgan fingerprint density at radius 3 is 2.71 bits per heavy atom. The number of carbonyl (C=O) groups excluding carboxylic acids is 1. The fraction of sp³-hybridized carbons (Fsp3) is 0.310. The van der Waals surface area contributed by atoms with Crippen LogP contribution in [0.4, 0.5) is 10.2 Å². The Morgan fingerprint density at radius 1 is 1.21 bits per heavy atom. The first-order chi connectivity index (χ1) is 20.7. The van der Waals surface area contributed by atoms with E-state index >= 15 is 4.39 Å². The number of benzene rings is 1. The number of aromatic nitrogens is 4. The van der Waals surface area contributed by atoms with Crippen LogP contribution in [0.25, 0.3) is 27.9 Å². The topological polar surface area (TPSA) is 79.2 Å².